The Morgan fingerprint density at radius 2 is 2.28 bits per heavy atom. The number of thiophene rings is 2. The van der Waals surface area contributed by atoms with Crippen LogP contribution in [0, 0.1) is 0 Å². The number of esters is 1. The van der Waals surface area contributed by atoms with E-state index in [4.69, 9.17) is 10.5 Å². The molecule has 2 rings (SSSR count). The standard InChI is InChI=1S/C13H15NO2S2/c1-2-16-13(15)12(14)6-11-5-10(8-18-11)9-3-4-17-7-9/h3-5,7-8,12H,2,6,14H2,1H3. The van der Waals surface area contributed by atoms with E-state index in [0.717, 1.165) is 4.88 Å². The lowest BCUT2D eigenvalue weighted by atomic mass is 10.1. The van der Waals surface area contributed by atoms with Gasteiger partial charge in [-0.15, -0.1) is 11.3 Å². The topological polar surface area (TPSA) is 52.3 Å². The van der Waals surface area contributed by atoms with E-state index < -0.39 is 6.04 Å². The van der Waals surface area contributed by atoms with Gasteiger partial charge in [0.05, 0.1) is 6.61 Å². The largest absolute Gasteiger partial charge is 0.465 e. The van der Waals surface area contributed by atoms with Crippen molar-refractivity contribution >= 4 is 28.6 Å². The van der Waals surface area contributed by atoms with Crippen LogP contribution in [0.1, 0.15) is 11.8 Å². The molecule has 2 heterocycles. The van der Waals surface area contributed by atoms with Gasteiger partial charge in [-0.1, -0.05) is 0 Å². The summed E-state index contributed by atoms with van der Waals surface area (Å²) in [7, 11) is 0. The Bertz CT molecular complexity index is 505. The molecule has 0 saturated heterocycles. The van der Waals surface area contributed by atoms with E-state index in [0.29, 0.717) is 13.0 Å². The summed E-state index contributed by atoms with van der Waals surface area (Å²) in [5, 5.41) is 6.25. The second kappa shape index (κ2) is 6.13. The molecule has 5 heteroatoms. The molecular formula is C13H15NO2S2. The lowest BCUT2D eigenvalue weighted by molar-refractivity contribution is -0.144. The number of ether oxygens (including phenoxy) is 1. The molecule has 1 atom stereocenters. The predicted molar refractivity (Wildman–Crippen MR) is 75.9 cm³/mol. The van der Waals surface area contributed by atoms with E-state index in [9.17, 15) is 4.79 Å². The van der Waals surface area contributed by atoms with Crippen molar-refractivity contribution in [3.8, 4) is 11.1 Å². The highest BCUT2D eigenvalue weighted by Crippen LogP contribution is 2.27. The fraction of sp³-hybridized carbons (Fsp3) is 0.308. The molecule has 3 nitrogen and oxygen atoms in total. The third-order valence-electron chi connectivity index (χ3n) is 2.52. The van der Waals surface area contributed by atoms with E-state index in [1.54, 1.807) is 29.6 Å². The molecule has 0 aliphatic heterocycles. The second-order valence-electron chi connectivity index (χ2n) is 3.88. The molecule has 2 aromatic heterocycles. The van der Waals surface area contributed by atoms with Crippen LogP contribution in [-0.2, 0) is 16.0 Å². The summed E-state index contributed by atoms with van der Waals surface area (Å²) in [4.78, 5) is 12.6. The van der Waals surface area contributed by atoms with Gasteiger partial charge in [0.15, 0.2) is 0 Å². The minimum atomic E-state index is -0.570. The van der Waals surface area contributed by atoms with Gasteiger partial charge in [-0.05, 0) is 46.3 Å². The van der Waals surface area contributed by atoms with Crippen molar-refractivity contribution in [1.29, 1.82) is 0 Å². The van der Waals surface area contributed by atoms with Crippen LogP contribution >= 0.6 is 22.7 Å². The molecule has 0 bridgehead atoms. The summed E-state index contributed by atoms with van der Waals surface area (Å²) in [6.45, 7) is 2.15. The SMILES string of the molecule is CCOC(=O)C(N)Cc1cc(-c2ccsc2)cs1. The molecule has 2 N–H and O–H groups in total. The Morgan fingerprint density at radius 1 is 1.44 bits per heavy atom. The highest BCUT2D eigenvalue weighted by Gasteiger charge is 2.16. The van der Waals surface area contributed by atoms with Gasteiger partial charge in [-0.25, -0.2) is 0 Å². The molecule has 0 saturated carbocycles. The van der Waals surface area contributed by atoms with Crippen molar-refractivity contribution in [1.82, 2.24) is 0 Å². The minimum absolute atomic E-state index is 0.331. The zero-order chi connectivity index (χ0) is 13.0. The molecule has 0 aliphatic rings. The highest BCUT2D eigenvalue weighted by atomic mass is 32.1. The number of hydrogen-bond acceptors (Lipinski definition) is 5. The highest BCUT2D eigenvalue weighted by molar-refractivity contribution is 7.10. The van der Waals surface area contributed by atoms with Crippen LogP contribution < -0.4 is 5.73 Å². The van der Waals surface area contributed by atoms with E-state index in [2.05, 4.69) is 28.3 Å². The molecule has 0 amide bonds. The first-order valence-corrected chi connectivity index (χ1v) is 7.55. The average molecular weight is 281 g/mol. The first kappa shape index (κ1) is 13.3. The number of carbonyl (C=O) groups excluding carboxylic acids is 1. The van der Waals surface area contributed by atoms with Crippen molar-refractivity contribution in [3.63, 3.8) is 0 Å². The van der Waals surface area contributed by atoms with Crippen LogP contribution in [-0.4, -0.2) is 18.6 Å². The summed E-state index contributed by atoms with van der Waals surface area (Å²) in [5.74, 6) is -0.331. The van der Waals surface area contributed by atoms with Crippen LogP contribution in [0.3, 0.4) is 0 Å². The Balaban J connectivity index is 2.01. The van der Waals surface area contributed by atoms with E-state index in [-0.39, 0.29) is 5.97 Å². The first-order chi connectivity index (χ1) is 8.70. The lowest BCUT2D eigenvalue weighted by Crippen LogP contribution is -2.34. The van der Waals surface area contributed by atoms with E-state index in [1.165, 1.54) is 11.1 Å². The van der Waals surface area contributed by atoms with Crippen LogP contribution in [0.2, 0.25) is 0 Å². The van der Waals surface area contributed by atoms with Gasteiger partial charge in [-0.2, -0.15) is 11.3 Å². The number of rotatable bonds is 5. The first-order valence-electron chi connectivity index (χ1n) is 5.73. The maximum Gasteiger partial charge on any atom is 0.323 e. The maximum absolute atomic E-state index is 11.4. The molecular weight excluding hydrogens is 266 g/mol. The van der Waals surface area contributed by atoms with Crippen molar-refractivity contribution in [2.24, 2.45) is 5.73 Å². The van der Waals surface area contributed by atoms with Crippen molar-refractivity contribution < 1.29 is 9.53 Å². The smallest absolute Gasteiger partial charge is 0.323 e. The summed E-state index contributed by atoms with van der Waals surface area (Å²) in [5.41, 5.74) is 8.20. The Labute approximate surface area is 114 Å². The maximum atomic E-state index is 11.4. The molecule has 18 heavy (non-hydrogen) atoms. The minimum Gasteiger partial charge on any atom is -0.465 e. The molecule has 96 valence electrons. The Morgan fingerprint density at radius 3 is 2.94 bits per heavy atom. The third kappa shape index (κ3) is 3.19. The van der Waals surface area contributed by atoms with Gasteiger partial charge in [0.25, 0.3) is 0 Å². The molecule has 0 spiro atoms. The fourth-order valence-corrected chi connectivity index (χ4v) is 3.24. The van der Waals surface area contributed by atoms with Crippen LogP contribution in [0.5, 0.6) is 0 Å². The van der Waals surface area contributed by atoms with Crippen molar-refractivity contribution in [2.75, 3.05) is 6.61 Å². The summed E-state index contributed by atoms with van der Waals surface area (Å²) in [6, 6.07) is 3.60. The molecule has 0 aromatic carbocycles. The van der Waals surface area contributed by atoms with Crippen molar-refractivity contribution in [3.05, 3.63) is 33.2 Å². The molecule has 0 aliphatic carbocycles. The molecule has 2 aromatic rings. The van der Waals surface area contributed by atoms with Gasteiger partial charge in [-0.3, -0.25) is 4.79 Å². The van der Waals surface area contributed by atoms with Crippen LogP contribution in [0.15, 0.2) is 28.3 Å². The number of carbonyl (C=O) groups is 1. The fourth-order valence-electron chi connectivity index (χ4n) is 1.62. The summed E-state index contributed by atoms with van der Waals surface area (Å²) in [6.07, 6.45) is 0.535. The summed E-state index contributed by atoms with van der Waals surface area (Å²) < 4.78 is 4.90. The van der Waals surface area contributed by atoms with E-state index >= 15 is 0 Å². The number of nitrogens with two attached hydrogens (primary N) is 1. The molecule has 1 unspecified atom stereocenters. The van der Waals surface area contributed by atoms with Gasteiger partial charge in [0, 0.05) is 11.3 Å². The van der Waals surface area contributed by atoms with Gasteiger partial charge >= 0.3 is 5.97 Å². The van der Waals surface area contributed by atoms with Crippen LogP contribution in [0.25, 0.3) is 11.1 Å². The van der Waals surface area contributed by atoms with Gasteiger partial charge < -0.3 is 10.5 Å². The van der Waals surface area contributed by atoms with Crippen molar-refractivity contribution in [2.45, 2.75) is 19.4 Å². The van der Waals surface area contributed by atoms with Crippen LogP contribution in [0.4, 0.5) is 0 Å². The zero-order valence-corrected chi connectivity index (χ0v) is 11.7. The Hall–Kier alpha value is -1.17. The van der Waals surface area contributed by atoms with Gasteiger partial charge in [0.2, 0.25) is 0 Å². The second-order valence-corrected chi connectivity index (χ2v) is 5.65. The third-order valence-corrected chi connectivity index (χ3v) is 4.16. The lowest BCUT2D eigenvalue weighted by Gasteiger charge is -2.08. The van der Waals surface area contributed by atoms with E-state index in [1.807, 2.05) is 0 Å². The molecule has 0 fully saturated rings. The molecule has 0 radical (unpaired) electrons. The quantitative estimate of drug-likeness (QED) is 0.857. The summed E-state index contributed by atoms with van der Waals surface area (Å²) >= 11 is 3.30. The average Bonchev–Trinajstić information content (AvgIpc) is 2.98. The normalized spacial score (nSPS) is 12.3. The zero-order valence-electron chi connectivity index (χ0n) is 10.1. The van der Waals surface area contributed by atoms with Gasteiger partial charge in [0.1, 0.15) is 6.04 Å². The Kier molecular flexibility index (Phi) is 4.52. The predicted octanol–water partition coefficient (Wildman–Crippen LogP) is 2.91. The number of hydrogen-bond donors (Lipinski definition) is 1. The monoisotopic (exact) mass is 281 g/mol.